The molecule has 1 saturated carbocycles. The fourth-order valence-electron chi connectivity index (χ4n) is 1.22. The maximum Gasteiger partial charge on any atom is 0.255 e. The zero-order chi connectivity index (χ0) is 10.7. The summed E-state index contributed by atoms with van der Waals surface area (Å²) >= 11 is 1.45. The minimum atomic E-state index is -0.331. The van der Waals surface area contributed by atoms with Gasteiger partial charge in [-0.1, -0.05) is 11.8 Å². The topological polar surface area (TPSA) is 58.3 Å². The quantitative estimate of drug-likeness (QED) is 0.716. The van der Waals surface area contributed by atoms with Gasteiger partial charge in [-0.2, -0.15) is 0 Å². The van der Waals surface area contributed by atoms with Crippen LogP contribution in [0.3, 0.4) is 0 Å². The molecule has 0 spiro atoms. The molecule has 1 atom stereocenters. The Morgan fingerprint density at radius 3 is 3.13 bits per heavy atom. The SMILES string of the molecule is Cc1coc(SCC(O)CNC2CC2)n1. The number of thioether (sulfide) groups is 1. The van der Waals surface area contributed by atoms with Crippen LogP contribution in [0.15, 0.2) is 15.9 Å². The van der Waals surface area contributed by atoms with E-state index in [2.05, 4.69) is 10.3 Å². The van der Waals surface area contributed by atoms with Crippen molar-refractivity contribution in [2.24, 2.45) is 0 Å². The third-order valence-electron chi connectivity index (χ3n) is 2.22. The maximum absolute atomic E-state index is 9.64. The van der Waals surface area contributed by atoms with Crippen LogP contribution < -0.4 is 5.32 Å². The van der Waals surface area contributed by atoms with Gasteiger partial charge in [0, 0.05) is 18.3 Å². The van der Waals surface area contributed by atoms with Crippen LogP contribution in [0.5, 0.6) is 0 Å². The highest BCUT2D eigenvalue weighted by Gasteiger charge is 2.21. The number of nitrogens with zero attached hydrogens (tertiary/aromatic N) is 1. The lowest BCUT2D eigenvalue weighted by molar-refractivity contribution is 0.195. The monoisotopic (exact) mass is 228 g/mol. The molecule has 2 N–H and O–H groups in total. The molecule has 0 aliphatic heterocycles. The Bertz CT molecular complexity index is 312. The Morgan fingerprint density at radius 1 is 1.73 bits per heavy atom. The first-order valence-electron chi connectivity index (χ1n) is 5.20. The molecule has 1 unspecified atom stereocenters. The van der Waals surface area contributed by atoms with Gasteiger partial charge in [-0.3, -0.25) is 0 Å². The number of oxazole rings is 1. The lowest BCUT2D eigenvalue weighted by Gasteiger charge is -2.09. The van der Waals surface area contributed by atoms with Crippen LogP contribution >= 0.6 is 11.8 Å². The van der Waals surface area contributed by atoms with Crippen LogP contribution in [0.1, 0.15) is 18.5 Å². The highest BCUT2D eigenvalue weighted by atomic mass is 32.2. The van der Waals surface area contributed by atoms with E-state index in [4.69, 9.17) is 4.42 Å². The predicted molar refractivity (Wildman–Crippen MR) is 59.0 cm³/mol. The molecule has 15 heavy (non-hydrogen) atoms. The summed E-state index contributed by atoms with van der Waals surface area (Å²) in [5.41, 5.74) is 0.878. The molecule has 1 heterocycles. The van der Waals surface area contributed by atoms with Crippen molar-refractivity contribution in [1.82, 2.24) is 10.3 Å². The van der Waals surface area contributed by atoms with Crippen molar-refractivity contribution in [2.45, 2.75) is 37.1 Å². The maximum atomic E-state index is 9.64. The van der Waals surface area contributed by atoms with E-state index in [0.717, 1.165) is 5.69 Å². The molecule has 0 saturated heterocycles. The minimum Gasteiger partial charge on any atom is -0.440 e. The molecule has 1 aliphatic carbocycles. The molecule has 2 rings (SSSR count). The Hall–Kier alpha value is -0.520. The number of aryl methyl sites for hydroxylation is 1. The van der Waals surface area contributed by atoms with Gasteiger partial charge in [0.05, 0.1) is 11.8 Å². The lowest BCUT2D eigenvalue weighted by Crippen LogP contribution is -2.29. The molecule has 0 amide bonds. The van der Waals surface area contributed by atoms with Crippen LogP contribution in [-0.2, 0) is 0 Å². The molecule has 0 radical (unpaired) electrons. The molecule has 1 fully saturated rings. The van der Waals surface area contributed by atoms with E-state index in [0.29, 0.717) is 23.6 Å². The number of aliphatic hydroxyl groups excluding tert-OH is 1. The van der Waals surface area contributed by atoms with Crippen molar-refractivity contribution in [3.63, 3.8) is 0 Å². The third-order valence-corrected chi connectivity index (χ3v) is 3.20. The predicted octanol–water partition coefficient (Wildman–Crippen LogP) is 1.19. The molecular weight excluding hydrogens is 212 g/mol. The summed E-state index contributed by atoms with van der Waals surface area (Å²) in [6.45, 7) is 2.55. The van der Waals surface area contributed by atoms with Crippen molar-refractivity contribution in [1.29, 1.82) is 0 Å². The van der Waals surface area contributed by atoms with Crippen LogP contribution in [0.4, 0.5) is 0 Å². The van der Waals surface area contributed by atoms with Gasteiger partial charge in [-0.05, 0) is 19.8 Å². The summed E-state index contributed by atoms with van der Waals surface area (Å²) in [5, 5.41) is 13.6. The number of aromatic nitrogens is 1. The molecule has 1 aliphatic rings. The molecular formula is C10H16N2O2S. The zero-order valence-corrected chi connectivity index (χ0v) is 9.59. The average Bonchev–Trinajstić information content (AvgIpc) is 2.95. The summed E-state index contributed by atoms with van der Waals surface area (Å²) in [5.74, 6) is 0.625. The van der Waals surface area contributed by atoms with Crippen LogP contribution in [0.2, 0.25) is 0 Å². The molecule has 0 bridgehead atoms. The van der Waals surface area contributed by atoms with E-state index in [1.165, 1.54) is 24.6 Å². The first kappa shape index (κ1) is 11.0. The van der Waals surface area contributed by atoms with E-state index in [1.54, 1.807) is 6.26 Å². The molecule has 5 heteroatoms. The normalized spacial score (nSPS) is 18.0. The van der Waals surface area contributed by atoms with E-state index in [1.807, 2.05) is 6.92 Å². The van der Waals surface area contributed by atoms with Gasteiger partial charge in [0.15, 0.2) is 0 Å². The lowest BCUT2D eigenvalue weighted by atomic mass is 10.4. The Morgan fingerprint density at radius 2 is 2.53 bits per heavy atom. The zero-order valence-electron chi connectivity index (χ0n) is 8.77. The number of nitrogens with one attached hydrogen (secondary N) is 1. The second-order valence-electron chi connectivity index (χ2n) is 3.90. The van der Waals surface area contributed by atoms with Crippen molar-refractivity contribution >= 4 is 11.8 Å². The highest BCUT2D eigenvalue weighted by Crippen LogP contribution is 2.20. The number of aliphatic hydroxyl groups is 1. The Labute approximate surface area is 93.5 Å². The van der Waals surface area contributed by atoms with Crippen LogP contribution in [0.25, 0.3) is 0 Å². The molecule has 84 valence electrons. The van der Waals surface area contributed by atoms with Crippen molar-refractivity contribution in [3.8, 4) is 0 Å². The molecule has 4 nitrogen and oxygen atoms in total. The van der Waals surface area contributed by atoms with Gasteiger partial charge in [0.25, 0.3) is 5.22 Å². The fraction of sp³-hybridized carbons (Fsp3) is 0.700. The van der Waals surface area contributed by atoms with E-state index >= 15 is 0 Å². The molecule has 1 aromatic rings. The van der Waals surface area contributed by atoms with Gasteiger partial charge >= 0.3 is 0 Å². The van der Waals surface area contributed by atoms with Crippen molar-refractivity contribution in [3.05, 3.63) is 12.0 Å². The number of rotatable bonds is 6. The van der Waals surface area contributed by atoms with E-state index < -0.39 is 0 Å². The van der Waals surface area contributed by atoms with Gasteiger partial charge < -0.3 is 14.8 Å². The minimum absolute atomic E-state index is 0.331. The van der Waals surface area contributed by atoms with Crippen molar-refractivity contribution < 1.29 is 9.52 Å². The van der Waals surface area contributed by atoms with E-state index in [9.17, 15) is 5.11 Å². The third kappa shape index (κ3) is 3.85. The Balaban J connectivity index is 1.63. The fourth-order valence-corrected chi connectivity index (χ4v) is 1.99. The van der Waals surface area contributed by atoms with Crippen LogP contribution in [0, 0.1) is 6.92 Å². The highest BCUT2D eigenvalue weighted by molar-refractivity contribution is 7.99. The number of hydrogen-bond donors (Lipinski definition) is 2. The summed E-state index contributed by atoms with van der Waals surface area (Å²) < 4.78 is 5.17. The average molecular weight is 228 g/mol. The summed E-state index contributed by atoms with van der Waals surface area (Å²) in [7, 11) is 0. The Kier molecular flexibility index (Phi) is 3.66. The summed E-state index contributed by atoms with van der Waals surface area (Å²) in [6.07, 6.45) is 3.79. The smallest absolute Gasteiger partial charge is 0.255 e. The number of hydrogen-bond acceptors (Lipinski definition) is 5. The van der Waals surface area contributed by atoms with Crippen molar-refractivity contribution in [2.75, 3.05) is 12.3 Å². The van der Waals surface area contributed by atoms with Gasteiger partial charge in [-0.25, -0.2) is 4.98 Å². The van der Waals surface area contributed by atoms with Gasteiger partial charge in [-0.15, -0.1) is 0 Å². The first-order valence-corrected chi connectivity index (χ1v) is 6.19. The molecule has 1 aromatic heterocycles. The first-order chi connectivity index (χ1) is 7.24. The second-order valence-corrected chi connectivity index (χ2v) is 4.87. The second kappa shape index (κ2) is 5.01. The summed E-state index contributed by atoms with van der Waals surface area (Å²) in [6, 6.07) is 0.647. The van der Waals surface area contributed by atoms with Crippen LogP contribution in [-0.4, -0.2) is 34.5 Å². The summed E-state index contributed by atoms with van der Waals surface area (Å²) in [4.78, 5) is 4.15. The van der Waals surface area contributed by atoms with E-state index in [-0.39, 0.29) is 6.10 Å². The van der Waals surface area contributed by atoms with Gasteiger partial charge in [0.1, 0.15) is 6.26 Å². The largest absolute Gasteiger partial charge is 0.440 e. The standard InChI is InChI=1S/C10H16N2O2S/c1-7-5-14-10(12-7)15-6-9(13)4-11-8-2-3-8/h5,8-9,11,13H,2-4,6H2,1H3. The van der Waals surface area contributed by atoms with Gasteiger partial charge in [0.2, 0.25) is 0 Å². The molecule has 0 aromatic carbocycles.